The summed E-state index contributed by atoms with van der Waals surface area (Å²) < 4.78 is 5.20. The monoisotopic (exact) mass is 456 g/mol. The van der Waals surface area contributed by atoms with Gasteiger partial charge in [0.25, 0.3) is 0 Å². The molecule has 0 saturated heterocycles. The van der Waals surface area contributed by atoms with E-state index in [2.05, 4.69) is 5.32 Å². The fourth-order valence-corrected chi connectivity index (χ4v) is 4.18. The lowest BCUT2D eigenvalue weighted by Gasteiger charge is -2.31. The summed E-state index contributed by atoms with van der Waals surface area (Å²) in [4.78, 5) is 28.0. The first-order valence-electron chi connectivity index (χ1n) is 11.2. The zero-order valence-corrected chi connectivity index (χ0v) is 20.7. The number of benzene rings is 2. The Kier molecular flexibility index (Phi) is 10.6. The van der Waals surface area contributed by atoms with E-state index in [4.69, 9.17) is 4.74 Å². The Labute approximate surface area is 196 Å². The Balaban J connectivity index is 2.10. The van der Waals surface area contributed by atoms with Gasteiger partial charge >= 0.3 is 0 Å². The van der Waals surface area contributed by atoms with Gasteiger partial charge in [-0.1, -0.05) is 55.8 Å². The second kappa shape index (κ2) is 13.2. The van der Waals surface area contributed by atoms with Crippen molar-refractivity contribution in [1.29, 1.82) is 0 Å². The van der Waals surface area contributed by atoms with Gasteiger partial charge in [-0.25, -0.2) is 0 Å². The van der Waals surface area contributed by atoms with Crippen LogP contribution in [-0.2, 0) is 21.9 Å². The summed E-state index contributed by atoms with van der Waals surface area (Å²) >= 11 is 1.56. The summed E-state index contributed by atoms with van der Waals surface area (Å²) in [5.41, 5.74) is 3.33. The number of amides is 2. The van der Waals surface area contributed by atoms with Gasteiger partial charge in [-0.05, 0) is 49.9 Å². The Morgan fingerprint density at radius 1 is 1.00 bits per heavy atom. The number of rotatable bonds is 12. The van der Waals surface area contributed by atoms with Crippen molar-refractivity contribution >= 4 is 23.6 Å². The highest BCUT2D eigenvalue weighted by Crippen LogP contribution is 2.19. The lowest BCUT2D eigenvalue weighted by molar-refractivity contribution is -0.139. The molecule has 0 heterocycles. The number of nitrogens with zero attached hydrogens (tertiary/aromatic N) is 1. The summed E-state index contributed by atoms with van der Waals surface area (Å²) in [6.45, 7) is 8.45. The molecule has 32 heavy (non-hydrogen) atoms. The van der Waals surface area contributed by atoms with E-state index >= 15 is 0 Å². The lowest BCUT2D eigenvalue weighted by atomic mass is 10.1. The Morgan fingerprint density at radius 3 is 2.19 bits per heavy atom. The molecule has 0 spiro atoms. The molecule has 5 nitrogen and oxygen atoms in total. The predicted molar refractivity (Wildman–Crippen MR) is 133 cm³/mol. The van der Waals surface area contributed by atoms with Gasteiger partial charge in [0, 0.05) is 18.3 Å². The first-order valence-corrected chi connectivity index (χ1v) is 12.4. The minimum atomic E-state index is -0.487. The van der Waals surface area contributed by atoms with Crippen LogP contribution in [0.5, 0.6) is 5.75 Å². The van der Waals surface area contributed by atoms with Gasteiger partial charge in [0.05, 0.1) is 12.9 Å². The highest BCUT2D eigenvalue weighted by atomic mass is 32.2. The Bertz CT molecular complexity index is 852. The van der Waals surface area contributed by atoms with Gasteiger partial charge in [-0.3, -0.25) is 9.59 Å². The second-order valence-corrected chi connectivity index (χ2v) is 9.08. The van der Waals surface area contributed by atoms with Crippen LogP contribution in [0.15, 0.2) is 48.5 Å². The van der Waals surface area contributed by atoms with Crippen molar-refractivity contribution in [3.05, 3.63) is 65.2 Å². The van der Waals surface area contributed by atoms with Crippen LogP contribution in [0.4, 0.5) is 0 Å². The summed E-state index contributed by atoms with van der Waals surface area (Å²) in [6, 6.07) is 15.6. The summed E-state index contributed by atoms with van der Waals surface area (Å²) in [6.07, 6.45) is 1.43. The second-order valence-electron chi connectivity index (χ2n) is 8.09. The molecule has 0 aliphatic rings. The molecule has 0 fully saturated rings. The molecule has 0 bridgehead atoms. The van der Waals surface area contributed by atoms with Crippen LogP contribution in [0.3, 0.4) is 0 Å². The summed E-state index contributed by atoms with van der Waals surface area (Å²) in [5.74, 6) is 1.77. The minimum absolute atomic E-state index is 0.0183. The van der Waals surface area contributed by atoms with Crippen LogP contribution in [0, 0.1) is 6.92 Å². The fourth-order valence-electron chi connectivity index (χ4n) is 3.31. The standard InChI is InChI=1S/C26H36N2O3S/c1-6-20(4)27-26(30)24(7-2)28(16-21-10-8-19(3)9-11-21)25(29)18-32-17-22-12-14-23(31-5)15-13-22/h8-15,20,24H,6-7,16-18H2,1-5H3,(H,27,30). The molecule has 2 aromatic carbocycles. The maximum Gasteiger partial charge on any atom is 0.243 e. The molecule has 0 radical (unpaired) electrons. The minimum Gasteiger partial charge on any atom is -0.497 e. The van der Waals surface area contributed by atoms with Crippen LogP contribution in [-0.4, -0.2) is 41.7 Å². The van der Waals surface area contributed by atoms with Crippen molar-refractivity contribution in [1.82, 2.24) is 10.2 Å². The number of hydrogen-bond acceptors (Lipinski definition) is 4. The number of carbonyl (C=O) groups excluding carboxylic acids is 2. The van der Waals surface area contributed by atoms with Crippen molar-refractivity contribution in [2.45, 2.75) is 64.9 Å². The molecule has 174 valence electrons. The lowest BCUT2D eigenvalue weighted by Crippen LogP contribution is -2.51. The summed E-state index contributed by atoms with van der Waals surface area (Å²) in [5, 5.41) is 3.05. The molecule has 2 rings (SSSR count). The number of methoxy groups -OCH3 is 1. The third-order valence-electron chi connectivity index (χ3n) is 5.51. The van der Waals surface area contributed by atoms with Crippen molar-refractivity contribution in [2.75, 3.05) is 12.9 Å². The van der Waals surface area contributed by atoms with Crippen molar-refractivity contribution in [3.63, 3.8) is 0 Å². The number of carbonyl (C=O) groups is 2. The van der Waals surface area contributed by atoms with Gasteiger partial charge in [0.1, 0.15) is 11.8 Å². The highest BCUT2D eigenvalue weighted by molar-refractivity contribution is 7.99. The van der Waals surface area contributed by atoms with Crippen LogP contribution < -0.4 is 10.1 Å². The zero-order chi connectivity index (χ0) is 23.5. The molecule has 0 saturated carbocycles. The highest BCUT2D eigenvalue weighted by Gasteiger charge is 2.29. The molecule has 1 N–H and O–H groups in total. The molecular weight excluding hydrogens is 420 g/mol. The topological polar surface area (TPSA) is 58.6 Å². The van der Waals surface area contributed by atoms with E-state index in [1.54, 1.807) is 23.8 Å². The molecule has 2 aromatic rings. The predicted octanol–water partition coefficient (Wildman–Crippen LogP) is 4.96. The van der Waals surface area contributed by atoms with E-state index in [1.165, 1.54) is 5.56 Å². The maximum absolute atomic E-state index is 13.3. The largest absolute Gasteiger partial charge is 0.497 e. The van der Waals surface area contributed by atoms with Gasteiger partial charge in [-0.15, -0.1) is 11.8 Å². The zero-order valence-electron chi connectivity index (χ0n) is 19.9. The first kappa shape index (κ1) is 25.8. The van der Waals surface area contributed by atoms with E-state index in [0.29, 0.717) is 18.7 Å². The number of hydrogen-bond donors (Lipinski definition) is 1. The third-order valence-corrected chi connectivity index (χ3v) is 6.50. The molecular formula is C26H36N2O3S. The smallest absolute Gasteiger partial charge is 0.243 e. The van der Waals surface area contributed by atoms with Gasteiger partial charge in [-0.2, -0.15) is 0 Å². The number of thioether (sulfide) groups is 1. The van der Waals surface area contributed by atoms with Gasteiger partial charge in [0.15, 0.2) is 0 Å². The van der Waals surface area contributed by atoms with Crippen LogP contribution in [0.2, 0.25) is 0 Å². The Hall–Kier alpha value is -2.47. The summed E-state index contributed by atoms with van der Waals surface area (Å²) in [7, 11) is 1.65. The van der Waals surface area contributed by atoms with Crippen LogP contribution in [0.1, 0.15) is 50.3 Å². The van der Waals surface area contributed by atoms with Crippen molar-refractivity contribution in [3.8, 4) is 5.75 Å². The molecule has 2 atom stereocenters. The van der Waals surface area contributed by atoms with Crippen molar-refractivity contribution < 1.29 is 14.3 Å². The van der Waals surface area contributed by atoms with Gasteiger partial charge in [0.2, 0.25) is 11.8 Å². The molecule has 0 aliphatic carbocycles. The molecule has 2 unspecified atom stereocenters. The molecule has 2 amide bonds. The molecule has 0 aliphatic heterocycles. The Morgan fingerprint density at radius 2 is 1.62 bits per heavy atom. The number of aryl methyl sites for hydroxylation is 1. The molecule has 0 aromatic heterocycles. The first-order chi connectivity index (χ1) is 15.4. The average molecular weight is 457 g/mol. The number of nitrogens with one attached hydrogen (secondary N) is 1. The molecule has 6 heteroatoms. The number of ether oxygens (including phenoxy) is 1. The van der Waals surface area contributed by atoms with E-state index < -0.39 is 6.04 Å². The SMILES string of the molecule is CCC(C)NC(=O)C(CC)N(Cc1ccc(C)cc1)C(=O)CSCc1ccc(OC)cc1. The van der Waals surface area contributed by atoms with E-state index in [-0.39, 0.29) is 17.9 Å². The maximum atomic E-state index is 13.3. The van der Waals surface area contributed by atoms with Crippen LogP contribution in [0.25, 0.3) is 0 Å². The quantitative estimate of drug-likeness (QED) is 0.490. The van der Waals surface area contributed by atoms with Gasteiger partial charge < -0.3 is 15.0 Å². The third kappa shape index (κ3) is 7.90. The normalized spacial score (nSPS) is 12.7. The van der Waals surface area contributed by atoms with E-state index in [9.17, 15) is 9.59 Å². The van der Waals surface area contributed by atoms with E-state index in [1.807, 2.05) is 76.2 Å². The fraction of sp³-hybridized carbons (Fsp3) is 0.462. The van der Waals surface area contributed by atoms with E-state index in [0.717, 1.165) is 29.1 Å². The van der Waals surface area contributed by atoms with Crippen LogP contribution >= 0.6 is 11.8 Å². The average Bonchev–Trinajstić information content (AvgIpc) is 2.80. The van der Waals surface area contributed by atoms with Crippen molar-refractivity contribution in [2.24, 2.45) is 0 Å².